The van der Waals surface area contributed by atoms with E-state index in [0.717, 1.165) is 38.4 Å². The molecule has 7 heteroatoms. The Morgan fingerprint density at radius 3 is 2.76 bits per heavy atom. The summed E-state index contributed by atoms with van der Waals surface area (Å²) in [7, 11) is 0. The lowest BCUT2D eigenvalue weighted by atomic mass is 10.2. The molecular formula is C14H22N4O3. The van der Waals surface area contributed by atoms with Crippen LogP contribution in [-0.4, -0.2) is 47.8 Å². The topological polar surface area (TPSA) is 91.8 Å². The highest BCUT2D eigenvalue weighted by Gasteiger charge is 2.19. The number of carbonyl (C=O) groups excluding carboxylic acids is 2. The van der Waals surface area contributed by atoms with E-state index in [2.05, 4.69) is 10.3 Å². The summed E-state index contributed by atoms with van der Waals surface area (Å²) < 4.78 is 5.62. The number of furan rings is 1. The molecule has 1 aromatic heterocycles. The average molecular weight is 294 g/mol. The van der Waals surface area contributed by atoms with Crippen LogP contribution in [0.2, 0.25) is 0 Å². The molecule has 21 heavy (non-hydrogen) atoms. The van der Waals surface area contributed by atoms with E-state index >= 15 is 0 Å². The second-order valence-electron chi connectivity index (χ2n) is 5.29. The summed E-state index contributed by atoms with van der Waals surface area (Å²) in [5, 5.41) is 0. The van der Waals surface area contributed by atoms with Gasteiger partial charge in [-0.1, -0.05) is 0 Å². The predicted molar refractivity (Wildman–Crippen MR) is 77.2 cm³/mol. The molecule has 2 amide bonds. The molecular weight excluding hydrogens is 272 g/mol. The Morgan fingerprint density at radius 2 is 2.10 bits per heavy atom. The van der Waals surface area contributed by atoms with Crippen molar-refractivity contribution < 1.29 is 14.0 Å². The van der Waals surface area contributed by atoms with Crippen molar-refractivity contribution in [2.24, 2.45) is 5.84 Å². The van der Waals surface area contributed by atoms with Crippen molar-refractivity contribution in [1.82, 2.24) is 15.2 Å². The van der Waals surface area contributed by atoms with Gasteiger partial charge in [-0.15, -0.1) is 0 Å². The number of hydrogen-bond acceptors (Lipinski definition) is 5. The Morgan fingerprint density at radius 1 is 1.33 bits per heavy atom. The molecule has 1 aromatic rings. The number of hydrazine groups is 1. The van der Waals surface area contributed by atoms with Gasteiger partial charge in [0.15, 0.2) is 0 Å². The number of aryl methyl sites for hydroxylation is 1. The molecule has 0 atom stereocenters. The van der Waals surface area contributed by atoms with Gasteiger partial charge in [0.05, 0.1) is 12.1 Å². The summed E-state index contributed by atoms with van der Waals surface area (Å²) in [5.74, 6) is 6.22. The lowest BCUT2D eigenvalue weighted by Gasteiger charge is -2.20. The molecule has 0 radical (unpaired) electrons. The van der Waals surface area contributed by atoms with Gasteiger partial charge in [-0.05, 0) is 19.4 Å². The fraction of sp³-hybridized carbons (Fsp3) is 0.571. The van der Waals surface area contributed by atoms with Crippen LogP contribution in [-0.2, 0) is 11.3 Å². The van der Waals surface area contributed by atoms with Crippen LogP contribution in [0.15, 0.2) is 10.5 Å². The number of nitrogens with two attached hydrogens (primary N) is 1. The summed E-state index contributed by atoms with van der Waals surface area (Å²) in [5.41, 5.74) is 2.58. The zero-order valence-electron chi connectivity index (χ0n) is 12.5. The lowest BCUT2D eigenvalue weighted by molar-refractivity contribution is -0.128. The number of carbonyl (C=O) groups is 2. The molecule has 0 aromatic carbocycles. The van der Waals surface area contributed by atoms with Crippen LogP contribution in [0, 0.1) is 6.92 Å². The van der Waals surface area contributed by atoms with Crippen LogP contribution in [0.4, 0.5) is 0 Å². The van der Waals surface area contributed by atoms with Crippen LogP contribution in [0.5, 0.6) is 0 Å². The molecule has 0 unspecified atom stereocenters. The minimum Gasteiger partial charge on any atom is -0.464 e. The van der Waals surface area contributed by atoms with E-state index in [9.17, 15) is 9.59 Å². The maximum absolute atomic E-state index is 11.6. The second-order valence-corrected chi connectivity index (χ2v) is 5.29. The van der Waals surface area contributed by atoms with Crippen molar-refractivity contribution in [3.63, 3.8) is 0 Å². The maximum Gasteiger partial charge on any atom is 0.268 e. The molecule has 0 saturated carbocycles. The number of nitrogens with one attached hydrogen (secondary N) is 1. The van der Waals surface area contributed by atoms with E-state index in [1.54, 1.807) is 19.9 Å². The predicted octanol–water partition coefficient (Wildman–Crippen LogP) is 0.246. The molecule has 0 bridgehead atoms. The first-order chi connectivity index (χ1) is 10.0. The Kier molecular flexibility index (Phi) is 4.98. The first-order valence-corrected chi connectivity index (χ1v) is 7.09. The van der Waals surface area contributed by atoms with E-state index in [-0.39, 0.29) is 11.8 Å². The minimum atomic E-state index is -0.346. The van der Waals surface area contributed by atoms with Crippen molar-refractivity contribution in [2.45, 2.75) is 26.8 Å². The quantitative estimate of drug-likeness (QED) is 0.473. The number of amides is 2. The van der Waals surface area contributed by atoms with Gasteiger partial charge in [0.1, 0.15) is 11.5 Å². The number of nitrogen functional groups attached to an aromatic ring is 1. The van der Waals surface area contributed by atoms with Gasteiger partial charge >= 0.3 is 0 Å². The molecule has 1 saturated heterocycles. The zero-order valence-corrected chi connectivity index (χ0v) is 12.5. The van der Waals surface area contributed by atoms with Gasteiger partial charge in [-0.25, -0.2) is 5.84 Å². The third-order valence-corrected chi connectivity index (χ3v) is 3.76. The van der Waals surface area contributed by atoms with Gasteiger partial charge in [0.25, 0.3) is 5.91 Å². The summed E-state index contributed by atoms with van der Waals surface area (Å²) in [6.07, 6.45) is 0.940. The van der Waals surface area contributed by atoms with Crippen LogP contribution < -0.4 is 11.3 Å². The molecule has 0 aliphatic carbocycles. The van der Waals surface area contributed by atoms with Crippen LogP contribution >= 0.6 is 0 Å². The van der Waals surface area contributed by atoms with Crippen molar-refractivity contribution in [3.8, 4) is 0 Å². The summed E-state index contributed by atoms with van der Waals surface area (Å²) in [4.78, 5) is 27.1. The van der Waals surface area contributed by atoms with Gasteiger partial charge in [-0.3, -0.25) is 19.9 Å². The summed E-state index contributed by atoms with van der Waals surface area (Å²) in [6, 6.07) is 1.73. The van der Waals surface area contributed by atoms with Gasteiger partial charge in [0, 0.05) is 33.1 Å². The highest BCUT2D eigenvalue weighted by atomic mass is 16.3. The Bertz CT molecular complexity index is 526. The van der Waals surface area contributed by atoms with Gasteiger partial charge in [-0.2, -0.15) is 0 Å². The van der Waals surface area contributed by atoms with Crippen LogP contribution in [0.25, 0.3) is 0 Å². The fourth-order valence-electron chi connectivity index (χ4n) is 2.59. The molecule has 3 N–H and O–H groups in total. The zero-order chi connectivity index (χ0) is 15.4. The van der Waals surface area contributed by atoms with Gasteiger partial charge < -0.3 is 9.32 Å². The standard InChI is InChI=1S/C14H22N4O3/c1-10-13(14(20)16-15)8-12(21-10)9-17-4-3-5-18(7-6-17)11(2)19/h8H,3-7,9,15H2,1-2H3,(H,16,20). The van der Waals surface area contributed by atoms with Crippen molar-refractivity contribution >= 4 is 11.8 Å². The molecule has 2 heterocycles. The number of hydrogen-bond donors (Lipinski definition) is 2. The number of nitrogens with zero attached hydrogens (tertiary/aromatic N) is 2. The Balaban J connectivity index is 1.99. The SMILES string of the molecule is CC(=O)N1CCCN(Cc2cc(C(=O)NN)c(C)o2)CC1. The average Bonchev–Trinajstić information content (AvgIpc) is 2.66. The van der Waals surface area contributed by atoms with E-state index in [0.29, 0.717) is 17.9 Å². The monoisotopic (exact) mass is 294 g/mol. The van der Waals surface area contributed by atoms with Crippen LogP contribution in [0.3, 0.4) is 0 Å². The molecule has 1 fully saturated rings. The van der Waals surface area contributed by atoms with E-state index < -0.39 is 0 Å². The van der Waals surface area contributed by atoms with Crippen LogP contribution in [0.1, 0.15) is 35.2 Å². The smallest absolute Gasteiger partial charge is 0.268 e. The Labute approximate surface area is 124 Å². The largest absolute Gasteiger partial charge is 0.464 e. The first-order valence-electron chi connectivity index (χ1n) is 7.09. The molecule has 7 nitrogen and oxygen atoms in total. The summed E-state index contributed by atoms with van der Waals surface area (Å²) in [6.45, 7) is 7.20. The van der Waals surface area contributed by atoms with Crippen molar-refractivity contribution in [3.05, 3.63) is 23.2 Å². The molecule has 116 valence electrons. The highest BCUT2D eigenvalue weighted by Crippen LogP contribution is 2.17. The molecule has 1 aliphatic rings. The first kappa shape index (κ1) is 15.5. The normalized spacial score (nSPS) is 16.6. The van der Waals surface area contributed by atoms with E-state index in [4.69, 9.17) is 10.3 Å². The lowest BCUT2D eigenvalue weighted by Crippen LogP contribution is -2.33. The van der Waals surface area contributed by atoms with E-state index in [1.807, 2.05) is 4.90 Å². The minimum absolute atomic E-state index is 0.118. The number of rotatable bonds is 3. The third-order valence-electron chi connectivity index (χ3n) is 3.76. The fourth-order valence-corrected chi connectivity index (χ4v) is 2.59. The summed E-state index contributed by atoms with van der Waals surface area (Å²) >= 11 is 0. The Hall–Kier alpha value is -1.86. The third kappa shape index (κ3) is 3.83. The molecule has 1 aliphatic heterocycles. The maximum atomic E-state index is 11.6. The van der Waals surface area contributed by atoms with Crippen molar-refractivity contribution in [2.75, 3.05) is 26.2 Å². The second kappa shape index (κ2) is 6.73. The molecule has 0 spiro atoms. The highest BCUT2D eigenvalue weighted by molar-refractivity contribution is 5.94. The van der Waals surface area contributed by atoms with Crippen molar-refractivity contribution in [1.29, 1.82) is 0 Å². The van der Waals surface area contributed by atoms with Gasteiger partial charge in [0.2, 0.25) is 5.91 Å². The molecule has 2 rings (SSSR count). The van der Waals surface area contributed by atoms with E-state index in [1.165, 1.54) is 0 Å².